The Morgan fingerprint density at radius 3 is 2.87 bits per heavy atom. The molecule has 5 heteroatoms. The minimum atomic E-state index is 0.866. The van der Waals surface area contributed by atoms with Gasteiger partial charge < -0.3 is 4.40 Å². The van der Waals surface area contributed by atoms with E-state index in [9.17, 15) is 0 Å². The van der Waals surface area contributed by atoms with E-state index in [1.165, 1.54) is 22.5 Å². The maximum atomic E-state index is 4.69. The van der Waals surface area contributed by atoms with Gasteiger partial charge in [-0.2, -0.15) is 0 Å². The highest BCUT2D eigenvalue weighted by molar-refractivity contribution is 5.44. The molecule has 0 spiro atoms. The Hall–Kier alpha value is -2.27. The molecule has 3 aromatic heterocycles. The van der Waals surface area contributed by atoms with Gasteiger partial charge in [-0.3, -0.25) is 4.90 Å². The predicted octanol–water partition coefficient (Wildman–Crippen LogP) is 2.61. The van der Waals surface area contributed by atoms with Gasteiger partial charge in [-0.15, -0.1) is 0 Å². The lowest BCUT2D eigenvalue weighted by atomic mass is 10.1. The molecule has 1 aliphatic heterocycles. The molecule has 118 valence electrons. The van der Waals surface area contributed by atoms with Crippen molar-refractivity contribution in [2.45, 2.75) is 40.3 Å². The quantitative estimate of drug-likeness (QED) is 0.730. The largest absolute Gasteiger partial charge is 0.302 e. The second kappa shape index (κ2) is 5.42. The predicted molar refractivity (Wildman–Crippen MR) is 89.3 cm³/mol. The molecule has 23 heavy (non-hydrogen) atoms. The third-order valence-corrected chi connectivity index (χ3v) is 4.57. The number of pyridine rings is 1. The summed E-state index contributed by atoms with van der Waals surface area (Å²) in [6.45, 7) is 9.02. The Bertz CT molecular complexity index is 880. The zero-order valence-electron chi connectivity index (χ0n) is 13.9. The summed E-state index contributed by atoms with van der Waals surface area (Å²) >= 11 is 0. The SMILES string of the molecule is Cc1ccc2nc(C)c(CN3CCc4nc(C)ncc4C3)n2c1. The fraction of sp³-hybridized carbons (Fsp3) is 0.389. The van der Waals surface area contributed by atoms with E-state index in [1.807, 2.05) is 13.1 Å². The van der Waals surface area contributed by atoms with E-state index >= 15 is 0 Å². The molecule has 4 heterocycles. The summed E-state index contributed by atoms with van der Waals surface area (Å²) in [5.41, 5.74) is 7.13. The average Bonchev–Trinajstić information content (AvgIpc) is 2.83. The van der Waals surface area contributed by atoms with Gasteiger partial charge in [-0.25, -0.2) is 15.0 Å². The zero-order chi connectivity index (χ0) is 16.0. The summed E-state index contributed by atoms with van der Waals surface area (Å²) in [7, 11) is 0. The van der Waals surface area contributed by atoms with Crippen molar-refractivity contribution in [3.05, 3.63) is 58.6 Å². The van der Waals surface area contributed by atoms with Crippen LogP contribution in [0.5, 0.6) is 0 Å². The fourth-order valence-corrected chi connectivity index (χ4v) is 3.33. The van der Waals surface area contributed by atoms with Gasteiger partial charge in [0.15, 0.2) is 0 Å². The standard InChI is InChI=1S/C18H21N5/c1-12-4-5-18-20-13(2)17(23(18)9-12)11-22-7-6-16-15(10-22)8-19-14(3)21-16/h4-5,8-9H,6-7,10-11H2,1-3H3. The molecule has 0 N–H and O–H groups in total. The number of hydrogen-bond donors (Lipinski definition) is 0. The zero-order valence-corrected chi connectivity index (χ0v) is 13.9. The molecule has 0 unspecified atom stereocenters. The molecule has 0 bridgehead atoms. The lowest BCUT2D eigenvalue weighted by molar-refractivity contribution is 0.238. The molecule has 0 saturated heterocycles. The van der Waals surface area contributed by atoms with Crippen LogP contribution in [0.3, 0.4) is 0 Å². The Morgan fingerprint density at radius 1 is 1.13 bits per heavy atom. The van der Waals surface area contributed by atoms with Crippen molar-refractivity contribution in [2.75, 3.05) is 6.54 Å². The lowest BCUT2D eigenvalue weighted by Gasteiger charge is -2.28. The molecule has 0 amide bonds. The van der Waals surface area contributed by atoms with E-state index in [-0.39, 0.29) is 0 Å². The minimum Gasteiger partial charge on any atom is -0.302 e. The number of hydrogen-bond acceptors (Lipinski definition) is 4. The monoisotopic (exact) mass is 307 g/mol. The van der Waals surface area contributed by atoms with Crippen LogP contribution < -0.4 is 0 Å². The summed E-state index contributed by atoms with van der Waals surface area (Å²) < 4.78 is 2.23. The summed E-state index contributed by atoms with van der Waals surface area (Å²) in [4.78, 5) is 16.1. The first-order chi connectivity index (χ1) is 11.1. The van der Waals surface area contributed by atoms with Gasteiger partial charge in [0, 0.05) is 49.7 Å². The van der Waals surface area contributed by atoms with Crippen molar-refractivity contribution in [1.29, 1.82) is 0 Å². The van der Waals surface area contributed by atoms with Gasteiger partial charge >= 0.3 is 0 Å². The van der Waals surface area contributed by atoms with Gasteiger partial charge in [-0.1, -0.05) is 6.07 Å². The molecule has 0 saturated carbocycles. The van der Waals surface area contributed by atoms with E-state index in [1.54, 1.807) is 0 Å². The molecule has 5 nitrogen and oxygen atoms in total. The van der Waals surface area contributed by atoms with Crippen molar-refractivity contribution in [3.63, 3.8) is 0 Å². The van der Waals surface area contributed by atoms with Crippen LogP contribution in [0.15, 0.2) is 24.5 Å². The number of fused-ring (bicyclic) bond motifs is 2. The molecule has 1 aliphatic rings. The molecule has 0 fully saturated rings. The topological polar surface area (TPSA) is 46.3 Å². The first-order valence-corrected chi connectivity index (χ1v) is 8.08. The number of nitrogens with zero attached hydrogens (tertiary/aromatic N) is 5. The molecular formula is C18H21N5. The first-order valence-electron chi connectivity index (χ1n) is 8.08. The summed E-state index contributed by atoms with van der Waals surface area (Å²) in [5.74, 6) is 0.866. The maximum Gasteiger partial charge on any atom is 0.137 e. The number of rotatable bonds is 2. The maximum absolute atomic E-state index is 4.69. The van der Waals surface area contributed by atoms with Crippen molar-refractivity contribution in [3.8, 4) is 0 Å². The molecule has 3 aromatic rings. The van der Waals surface area contributed by atoms with Crippen molar-refractivity contribution in [2.24, 2.45) is 0 Å². The second-order valence-corrected chi connectivity index (χ2v) is 6.43. The van der Waals surface area contributed by atoms with E-state index in [2.05, 4.69) is 56.4 Å². The molecule has 0 aromatic carbocycles. The normalized spacial score (nSPS) is 15.1. The smallest absolute Gasteiger partial charge is 0.137 e. The van der Waals surface area contributed by atoms with Crippen molar-refractivity contribution < 1.29 is 0 Å². The highest BCUT2D eigenvalue weighted by atomic mass is 15.2. The third-order valence-electron chi connectivity index (χ3n) is 4.57. The molecule has 0 atom stereocenters. The van der Waals surface area contributed by atoms with Crippen LogP contribution in [0.1, 0.15) is 34.0 Å². The number of imidazole rings is 1. The van der Waals surface area contributed by atoms with Crippen molar-refractivity contribution >= 4 is 5.65 Å². The number of aromatic nitrogens is 4. The van der Waals surface area contributed by atoms with E-state index in [4.69, 9.17) is 0 Å². The Balaban J connectivity index is 1.63. The Kier molecular flexibility index (Phi) is 3.38. The van der Waals surface area contributed by atoms with Gasteiger partial charge in [0.1, 0.15) is 11.5 Å². The number of aryl methyl sites for hydroxylation is 3. The van der Waals surface area contributed by atoms with Crippen LogP contribution in [0.25, 0.3) is 5.65 Å². The van der Waals surface area contributed by atoms with E-state index in [0.29, 0.717) is 0 Å². The molecule has 4 rings (SSSR count). The van der Waals surface area contributed by atoms with Crippen molar-refractivity contribution in [1.82, 2.24) is 24.3 Å². The molecule has 0 aliphatic carbocycles. The van der Waals surface area contributed by atoms with Crippen LogP contribution in [0.2, 0.25) is 0 Å². The van der Waals surface area contributed by atoms with Crippen LogP contribution in [0.4, 0.5) is 0 Å². The van der Waals surface area contributed by atoms with Crippen LogP contribution in [-0.2, 0) is 19.5 Å². The Morgan fingerprint density at radius 2 is 2.00 bits per heavy atom. The summed E-state index contributed by atoms with van der Waals surface area (Å²) in [6.07, 6.45) is 5.15. The lowest BCUT2D eigenvalue weighted by Crippen LogP contribution is -2.31. The molecular weight excluding hydrogens is 286 g/mol. The first kappa shape index (κ1) is 14.3. The highest BCUT2D eigenvalue weighted by Crippen LogP contribution is 2.21. The van der Waals surface area contributed by atoms with Gasteiger partial charge in [0.25, 0.3) is 0 Å². The molecule has 0 radical (unpaired) electrons. The van der Waals surface area contributed by atoms with E-state index in [0.717, 1.165) is 43.2 Å². The summed E-state index contributed by atoms with van der Waals surface area (Å²) in [6, 6.07) is 4.20. The fourth-order valence-electron chi connectivity index (χ4n) is 3.33. The summed E-state index contributed by atoms with van der Waals surface area (Å²) in [5, 5.41) is 0. The minimum absolute atomic E-state index is 0.866. The van der Waals surface area contributed by atoms with Crippen LogP contribution >= 0.6 is 0 Å². The van der Waals surface area contributed by atoms with Crippen LogP contribution in [0, 0.1) is 20.8 Å². The highest BCUT2D eigenvalue weighted by Gasteiger charge is 2.20. The van der Waals surface area contributed by atoms with Crippen LogP contribution in [-0.4, -0.2) is 30.8 Å². The second-order valence-electron chi connectivity index (χ2n) is 6.43. The van der Waals surface area contributed by atoms with Gasteiger partial charge in [0.05, 0.1) is 11.4 Å². The van der Waals surface area contributed by atoms with Gasteiger partial charge in [0.2, 0.25) is 0 Å². The third kappa shape index (κ3) is 2.61. The Labute approximate surface area is 136 Å². The van der Waals surface area contributed by atoms with Gasteiger partial charge in [-0.05, 0) is 32.4 Å². The van der Waals surface area contributed by atoms with E-state index < -0.39 is 0 Å². The average molecular weight is 307 g/mol.